The number of nitrogens with zero attached hydrogens (tertiary/aromatic N) is 1. The quantitative estimate of drug-likeness (QED) is 0.703. The Hall–Kier alpha value is -1.77. The van der Waals surface area contributed by atoms with Gasteiger partial charge in [-0.3, -0.25) is 4.79 Å². The molecule has 0 aliphatic heterocycles. The van der Waals surface area contributed by atoms with Crippen LogP contribution >= 0.6 is 23.4 Å². The fourth-order valence-corrected chi connectivity index (χ4v) is 4.17. The molecule has 27 heavy (non-hydrogen) atoms. The fraction of sp³-hybridized carbons (Fsp3) is 0.333. The van der Waals surface area contributed by atoms with E-state index < -0.39 is 23.4 Å². The number of hydrogen-bond acceptors (Lipinski definition) is 4. The molecule has 144 valence electrons. The Kier molecular flexibility index (Phi) is 6.29. The molecular weight excluding hydrogens is 401 g/mol. The first kappa shape index (κ1) is 20.0. The molecule has 1 saturated carbocycles. The number of aliphatic hydroxyl groups excluding tert-OH is 1. The third-order valence-corrected chi connectivity index (χ3v) is 5.97. The summed E-state index contributed by atoms with van der Waals surface area (Å²) >= 11 is 7.60. The number of nitrogens with one attached hydrogen (secondary N) is 1. The van der Waals surface area contributed by atoms with E-state index in [0.717, 1.165) is 12.8 Å². The van der Waals surface area contributed by atoms with E-state index in [4.69, 9.17) is 11.6 Å². The molecule has 0 bridgehead atoms. The molecule has 2 aromatic rings. The topological polar surface area (TPSA) is 62.2 Å². The SMILES string of the molecule is O=C(Nc1cc(F)c(F)c(F)c1)c1ccc(Cl)c(S[C@H]2CC[C@H](O)CC2)n1. The number of pyridine rings is 1. The molecule has 1 aromatic heterocycles. The van der Waals surface area contributed by atoms with Crippen LogP contribution in [-0.2, 0) is 0 Å². The van der Waals surface area contributed by atoms with Crippen LogP contribution in [0.5, 0.6) is 0 Å². The summed E-state index contributed by atoms with van der Waals surface area (Å²) in [5.41, 5.74) is -0.202. The van der Waals surface area contributed by atoms with Gasteiger partial charge in [0, 0.05) is 23.1 Å². The van der Waals surface area contributed by atoms with Crippen LogP contribution in [0.2, 0.25) is 5.02 Å². The average molecular weight is 417 g/mol. The molecule has 9 heteroatoms. The van der Waals surface area contributed by atoms with Crippen LogP contribution in [0.25, 0.3) is 0 Å². The van der Waals surface area contributed by atoms with Gasteiger partial charge in [-0.2, -0.15) is 0 Å². The van der Waals surface area contributed by atoms with Crippen LogP contribution in [0.1, 0.15) is 36.2 Å². The van der Waals surface area contributed by atoms with Gasteiger partial charge in [0.15, 0.2) is 17.5 Å². The second-order valence-electron chi connectivity index (χ2n) is 6.24. The molecule has 1 heterocycles. The predicted molar refractivity (Wildman–Crippen MR) is 97.6 cm³/mol. The lowest BCUT2D eigenvalue weighted by Gasteiger charge is -2.24. The highest BCUT2D eigenvalue weighted by atomic mass is 35.5. The number of aromatic nitrogens is 1. The van der Waals surface area contributed by atoms with E-state index in [-0.39, 0.29) is 22.7 Å². The van der Waals surface area contributed by atoms with Crippen molar-refractivity contribution in [2.75, 3.05) is 5.32 Å². The smallest absolute Gasteiger partial charge is 0.274 e. The first-order chi connectivity index (χ1) is 12.8. The molecule has 1 fully saturated rings. The number of thioether (sulfide) groups is 1. The highest BCUT2D eigenvalue weighted by Crippen LogP contribution is 2.36. The molecule has 1 aliphatic rings. The van der Waals surface area contributed by atoms with Crippen LogP contribution in [-0.4, -0.2) is 27.4 Å². The minimum Gasteiger partial charge on any atom is -0.393 e. The second kappa shape index (κ2) is 8.50. The van der Waals surface area contributed by atoms with Gasteiger partial charge < -0.3 is 10.4 Å². The first-order valence-corrected chi connectivity index (χ1v) is 9.56. The lowest BCUT2D eigenvalue weighted by molar-refractivity contribution is 0.102. The van der Waals surface area contributed by atoms with E-state index in [1.165, 1.54) is 23.9 Å². The van der Waals surface area contributed by atoms with Crippen molar-refractivity contribution >= 4 is 35.0 Å². The van der Waals surface area contributed by atoms with Gasteiger partial charge in [0.05, 0.1) is 11.1 Å². The maximum atomic E-state index is 13.3. The molecule has 0 unspecified atom stereocenters. The largest absolute Gasteiger partial charge is 0.393 e. The Bertz CT molecular complexity index is 837. The summed E-state index contributed by atoms with van der Waals surface area (Å²) in [5.74, 6) is -5.10. The number of anilines is 1. The number of benzene rings is 1. The minimum absolute atomic E-state index is 0.0166. The summed E-state index contributed by atoms with van der Waals surface area (Å²) < 4.78 is 39.6. The first-order valence-electron chi connectivity index (χ1n) is 8.30. The van der Waals surface area contributed by atoms with Crippen molar-refractivity contribution in [2.24, 2.45) is 0 Å². The van der Waals surface area contributed by atoms with Gasteiger partial charge in [0.2, 0.25) is 0 Å². The highest BCUT2D eigenvalue weighted by Gasteiger charge is 2.22. The van der Waals surface area contributed by atoms with Crippen molar-refractivity contribution in [2.45, 2.75) is 42.1 Å². The maximum Gasteiger partial charge on any atom is 0.274 e. The van der Waals surface area contributed by atoms with Crippen molar-refractivity contribution in [3.05, 3.63) is 52.4 Å². The van der Waals surface area contributed by atoms with Crippen molar-refractivity contribution in [1.82, 2.24) is 4.98 Å². The summed E-state index contributed by atoms with van der Waals surface area (Å²) in [5, 5.41) is 13.0. The van der Waals surface area contributed by atoms with Gasteiger partial charge >= 0.3 is 0 Å². The third-order valence-electron chi connectivity index (χ3n) is 4.21. The Morgan fingerprint density at radius 2 is 1.78 bits per heavy atom. The summed E-state index contributed by atoms with van der Waals surface area (Å²) in [6.07, 6.45) is 2.76. The summed E-state index contributed by atoms with van der Waals surface area (Å²) in [6.45, 7) is 0. The Labute approximate surface area is 163 Å². The van der Waals surface area contributed by atoms with Gasteiger partial charge in [-0.1, -0.05) is 11.6 Å². The summed E-state index contributed by atoms with van der Waals surface area (Å²) in [7, 11) is 0. The van der Waals surface area contributed by atoms with Crippen molar-refractivity contribution in [3.8, 4) is 0 Å². The lowest BCUT2D eigenvalue weighted by atomic mass is 9.97. The van der Waals surface area contributed by atoms with E-state index in [1.54, 1.807) is 0 Å². The number of rotatable bonds is 4. The summed E-state index contributed by atoms with van der Waals surface area (Å²) in [6, 6.07) is 4.29. The molecule has 1 amide bonds. The average Bonchev–Trinajstić information content (AvgIpc) is 2.63. The molecule has 2 N–H and O–H groups in total. The van der Waals surface area contributed by atoms with Crippen LogP contribution in [0.4, 0.5) is 18.9 Å². The minimum atomic E-state index is -1.60. The van der Waals surface area contributed by atoms with E-state index in [2.05, 4.69) is 10.3 Å². The summed E-state index contributed by atoms with van der Waals surface area (Å²) in [4.78, 5) is 16.6. The van der Waals surface area contributed by atoms with Gasteiger partial charge in [0.1, 0.15) is 10.7 Å². The number of halogens is 4. The van der Waals surface area contributed by atoms with Crippen molar-refractivity contribution < 1.29 is 23.1 Å². The number of carbonyl (C=O) groups excluding carboxylic acids is 1. The van der Waals surface area contributed by atoms with Crippen LogP contribution in [0.15, 0.2) is 29.3 Å². The lowest BCUT2D eigenvalue weighted by Crippen LogP contribution is -2.20. The molecule has 1 aliphatic carbocycles. The van der Waals surface area contributed by atoms with E-state index in [1.807, 2.05) is 0 Å². The normalized spacial score (nSPS) is 19.7. The standard InChI is InChI=1S/C18H16ClF3N2O2S/c19-12-5-6-15(24-18(12)27-11-3-1-10(25)2-4-11)17(26)23-9-7-13(20)16(22)14(21)8-9/h5-8,10-11,25H,1-4H2,(H,23,26)/t10-,11-. The van der Waals surface area contributed by atoms with Crippen LogP contribution < -0.4 is 5.32 Å². The molecule has 4 nitrogen and oxygen atoms in total. The molecule has 3 rings (SSSR count). The van der Waals surface area contributed by atoms with E-state index in [9.17, 15) is 23.1 Å². The molecule has 0 saturated heterocycles. The molecular formula is C18H16ClF3N2O2S. The highest BCUT2D eigenvalue weighted by molar-refractivity contribution is 8.00. The van der Waals surface area contributed by atoms with Gasteiger partial charge in [-0.05, 0) is 37.8 Å². The molecule has 0 radical (unpaired) electrons. The number of amides is 1. The molecule has 0 atom stereocenters. The van der Waals surface area contributed by atoms with Gasteiger partial charge in [-0.15, -0.1) is 11.8 Å². The number of aliphatic hydroxyl groups is 1. The number of carbonyl (C=O) groups is 1. The maximum absolute atomic E-state index is 13.3. The Morgan fingerprint density at radius 3 is 2.41 bits per heavy atom. The van der Waals surface area contributed by atoms with Crippen molar-refractivity contribution in [1.29, 1.82) is 0 Å². The fourth-order valence-electron chi connectivity index (χ4n) is 2.78. The van der Waals surface area contributed by atoms with Crippen molar-refractivity contribution in [3.63, 3.8) is 0 Å². The Morgan fingerprint density at radius 1 is 1.15 bits per heavy atom. The second-order valence-corrected chi connectivity index (χ2v) is 7.94. The monoisotopic (exact) mass is 416 g/mol. The van der Waals surface area contributed by atoms with E-state index in [0.29, 0.717) is 35.0 Å². The zero-order chi connectivity index (χ0) is 19.6. The predicted octanol–water partition coefficient (Wildman–Crippen LogP) is 4.80. The van der Waals surface area contributed by atoms with Crippen LogP contribution in [0.3, 0.4) is 0 Å². The number of hydrogen-bond donors (Lipinski definition) is 2. The zero-order valence-electron chi connectivity index (χ0n) is 14.0. The van der Waals surface area contributed by atoms with Gasteiger partial charge in [-0.25, -0.2) is 18.2 Å². The Balaban J connectivity index is 1.74. The van der Waals surface area contributed by atoms with Gasteiger partial charge in [0.25, 0.3) is 5.91 Å². The molecule has 0 spiro atoms. The third kappa shape index (κ3) is 4.94. The zero-order valence-corrected chi connectivity index (χ0v) is 15.6. The van der Waals surface area contributed by atoms with Crippen LogP contribution in [0, 0.1) is 17.5 Å². The molecule has 1 aromatic carbocycles. The van der Waals surface area contributed by atoms with E-state index >= 15 is 0 Å².